The van der Waals surface area contributed by atoms with Crippen molar-refractivity contribution in [1.82, 2.24) is 4.98 Å². The van der Waals surface area contributed by atoms with Crippen molar-refractivity contribution in [2.24, 2.45) is 0 Å². The van der Waals surface area contributed by atoms with Gasteiger partial charge in [-0.25, -0.2) is 4.98 Å². The number of nitrogens with one attached hydrogen (secondary N) is 2. The highest BCUT2D eigenvalue weighted by atomic mass is 16.3. The van der Waals surface area contributed by atoms with Crippen molar-refractivity contribution >= 4 is 11.5 Å². The Morgan fingerprint density at radius 1 is 1.17 bits per heavy atom. The maximum absolute atomic E-state index is 5.76. The van der Waals surface area contributed by atoms with Gasteiger partial charge >= 0.3 is 0 Å². The minimum absolute atomic E-state index is 0.0143. The van der Waals surface area contributed by atoms with Gasteiger partial charge in [-0.1, -0.05) is 18.2 Å². The Morgan fingerprint density at radius 2 is 2.04 bits per heavy atom. The van der Waals surface area contributed by atoms with Gasteiger partial charge in [0.1, 0.15) is 11.6 Å². The van der Waals surface area contributed by atoms with Crippen molar-refractivity contribution in [3.8, 4) is 0 Å². The summed E-state index contributed by atoms with van der Waals surface area (Å²) in [6.45, 7) is 4.29. The molecule has 3 aromatic rings. The molecule has 0 bridgehead atoms. The zero-order valence-corrected chi connectivity index (χ0v) is 13.9. The number of furan rings is 1. The average molecular weight is 319 g/mol. The molecule has 4 nitrogen and oxygen atoms in total. The van der Waals surface area contributed by atoms with Gasteiger partial charge in [-0.15, -0.1) is 0 Å². The monoisotopic (exact) mass is 319 g/mol. The third kappa shape index (κ3) is 2.64. The number of anilines is 2. The number of pyridine rings is 1. The molecule has 1 aromatic carbocycles. The molecule has 1 aliphatic heterocycles. The zero-order chi connectivity index (χ0) is 16.5. The second-order valence-corrected chi connectivity index (χ2v) is 6.40. The standard InChI is InChI=1S/C20H21N3O/c1-13-9-10-21-18(12-13)23-20(17-8-5-11-24-17)19-14(2)22-16-7-4-3-6-15(16)19/h3-12,14,19-20,22H,1-2H3,(H,21,23). The molecule has 3 heterocycles. The highest BCUT2D eigenvalue weighted by Gasteiger charge is 2.37. The normalized spacial score (nSPS) is 20.2. The second kappa shape index (κ2) is 6.04. The molecule has 0 spiro atoms. The molecule has 0 saturated carbocycles. The third-order valence-electron chi connectivity index (χ3n) is 4.67. The number of aromatic nitrogens is 1. The van der Waals surface area contributed by atoms with Crippen LogP contribution in [0.4, 0.5) is 11.5 Å². The van der Waals surface area contributed by atoms with Crippen molar-refractivity contribution in [3.05, 3.63) is 77.9 Å². The molecule has 0 radical (unpaired) electrons. The lowest BCUT2D eigenvalue weighted by Gasteiger charge is -2.27. The number of hydrogen-bond donors (Lipinski definition) is 2. The van der Waals surface area contributed by atoms with Gasteiger partial charge in [0.05, 0.1) is 12.3 Å². The van der Waals surface area contributed by atoms with Crippen LogP contribution in [0.2, 0.25) is 0 Å². The molecular formula is C20H21N3O. The van der Waals surface area contributed by atoms with Crippen LogP contribution in [0, 0.1) is 6.92 Å². The van der Waals surface area contributed by atoms with Crippen molar-refractivity contribution in [1.29, 1.82) is 0 Å². The summed E-state index contributed by atoms with van der Waals surface area (Å²) in [5.74, 6) is 2.05. The van der Waals surface area contributed by atoms with E-state index in [0.29, 0.717) is 6.04 Å². The molecule has 4 rings (SSSR count). The Hall–Kier alpha value is -2.75. The molecule has 1 aliphatic rings. The van der Waals surface area contributed by atoms with E-state index in [1.54, 1.807) is 6.26 Å². The topological polar surface area (TPSA) is 50.1 Å². The van der Waals surface area contributed by atoms with Crippen LogP contribution in [-0.4, -0.2) is 11.0 Å². The van der Waals surface area contributed by atoms with Gasteiger partial charge < -0.3 is 15.1 Å². The summed E-state index contributed by atoms with van der Waals surface area (Å²) in [6.07, 6.45) is 3.56. The van der Waals surface area contributed by atoms with Crippen molar-refractivity contribution < 1.29 is 4.42 Å². The van der Waals surface area contributed by atoms with Crippen LogP contribution in [0.1, 0.15) is 35.8 Å². The molecule has 3 unspecified atom stereocenters. The summed E-state index contributed by atoms with van der Waals surface area (Å²) in [6, 6.07) is 16.8. The highest BCUT2D eigenvalue weighted by Crippen LogP contribution is 2.44. The van der Waals surface area contributed by atoms with E-state index in [1.165, 1.54) is 16.8 Å². The Labute approximate surface area is 141 Å². The second-order valence-electron chi connectivity index (χ2n) is 6.40. The van der Waals surface area contributed by atoms with Crippen LogP contribution in [0.25, 0.3) is 0 Å². The van der Waals surface area contributed by atoms with Gasteiger partial charge in [0.2, 0.25) is 0 Å². The summed E-state index contributed by atoms with van der Waals surface area (Å²) < 4.78 is 5.76. The summed E-state index contributed by atoms with van der Waals surface area (Å²) in [4.78, 5) is 4.47. The lowest BCUT2D eigenvalue weighted by atomic mass is 9.87. The minimum atomic E-state index is 0.0143. The SMILES string of the molecule is Cc1ccnc(NC(c2ccco2)C2c3ccccc3NC2C)c1. The Bertz CT molecular complexity index is 828. The van der Waals surface area contributed by atoms with E-state index in [4.69, 9.17) is 4.42 Å². The maximum Gasteiger partial charge on any atom is 0.126 e. The van der Waals surface area contributed by atoms with E-state index in [2.05, 4.69) is 59.8 Å². The average Bonchev–Trinajstić information content (AvgIpc) is 3.20. The summed E-state index contributed by atoms with van der Waals surface area (Å²) >= 11 is 0. The number of hydrogen-bond acceptors (Lipinski definition) is 4. The lowest BCUT2D eigenvalue weighted by Crippen LogP contribution is -2.27. The molecule has 2 N–H and O–H groups in total. The van der Waals surface area contributed by atoms with E-state index in [1.807, 2.05) is 24.4 Å². The fraction of sp³-hybridized carbons (Fsp3) is 0.250. The molecule has 122 valence electrons. The first-order valence-corrected chi connectivity index (χ1v) is 8.30. The van der Waals surface area contributed by atoms with E-state index in [9.17, 15) is 0 Å². The quantitative estimate of drug-likeness (QED) is 0.729. The van der Waals surface area contributed by atoms with E-state index in [-0.39, 0.29) is 12.0 Å². The Balaban J connectivity index is 1.74. The summed E-state index contributed by atoms with van der Waals surface area (Å²) in [5.41, 5.74) is 3.70. The number of para-hydroxylation sites is 1. The van der Waals surface area contributed by atoms with Crippen LogP contribution < -0.4 is 10.6 Å². The van der Waals surface area contributed by atoms with Crippen LogP contribution in [-0.2, 0) is 0 Å². The molecule has 2 aromatic heterocycles. The molecule has 0 fully saturated rings. The predicted molar refractivity (Wildman–Crippen MR) is 96.3 cm³/mol. The first kappa shape index (κ1) is 14.8. The van der Waals surface area contributed by atoms with Gasteiger partial charge in [0.15, 0.2) is 0 Å². The number of benzene rings is 1. The van der Waals surface area contributed by atoms with Gasteiger partial charge in [0.25, 0.3) is 0 Å². The van der Waals surface area contributed by atoms with E-state index >= 15 is 0 Å². The Morgan fingerprint density at radius 3 is 2.83 bits per heavy atom. The molecule has 0 amide bonds. The number of aryl methyl sites for hydroxylation is 1. The first-order chi connectivity index (χ1) is 11.7. The van der Waals surface area contributed by atoms with Gasteiger partial charge in [-0.2, -0.15) is 0 Å². The van der Waals surface area contributed by atoms with Gasteiger partial charge in [0, 0.05) is 23.8 Å². The van der Waals surface area contributed by atoms with Crippen LogP contribution in [0.3, 0.4) is 0 Å². The largest absolute Gasteiger partial charge is 0.467 e. The lowest BCUT2D eigenvalue weighted by molar-refractivity contribution is 0.430. The fourth-order valence-electron chi connectivity index (χ4n) is 3.57. The number of nitrogens with zero attached hydrogens (tertiary/aromatic N) is 1. The highest BCUT2D eigenvalue weighted by molar-refractivity contribution is 5.60. The van der Waals surface area contributed by atoms with Crippen LogP contribution in [0.5, 0.6) is 0 Å². The smallest absolute Gasteiger partial charge is 0.126 e. The molecule has 0 saturated heterocycles. The minimum Gasteiger partial charge on any atom is -0.467 e. The van der Waals surface area contributed by atoms with Crippen molar-refractivity contribution in [3.63, 3.8) is 0 Å². The van der Waals surface area contributed by atoms with Crippen LogP contribution in [0.15, 0.2) is 65.4 Å². The number of fused-ring (bicyclic) bond motifs is 1. The summed E-state index contributed by atoms with van der Waals surface area (Å²) in [5, 5.41) is 7.18. The van der Waals surface area contributed by atoms with Gasteiger partial charge in [-0.3, -0.25) is 0 Å². The van der Waals surface area contributed by atoms with Crippen molar-refractivity contribution in [2.45, 2.75) is 31.8 Å². The van der Waals surface area contributed by atoms with E-state index < -0.39 is 0 Å². The maximum atomic E-state index is 5.76. The third-order valence-corrected chi connectivity index (χ3v) is 4.67. The number of rotatable bonds is 4. The zero-order valence-electron chi connectivity index (χ0n) is 13.9. The molecule has 0 aliphatic carbocycles. The fourth-order valence-corrected chi connectivity index (χ4v) is 3.57. The molecular weight excluding hydrogens is 298 g/mol. The van der Waals surface area contributed by atoms with E-state index in [0.717, 1.165) is 11.6 Å². The first-order valence-electron chi connectivity index (χ1n) is 8.30. The molecule has 3 atom stereocenters. The van der Waals surface area contributed by atoms with Gasteiger partial charge in [-0.05, 0) is 55.3 Å². The van der Waals surface area contributed by atoms with Crippen molar-refractivity contribution in [2.75, 3.05) is 10.6 Å². The molecule has 24 heavy (non-hydrogen) atoms. The Kier molecular flexibility index (Phi) is 3.73. The summed E-state index contributed by atoms with van der Waals surface area (Å²) in [7, 11) is 0. The molecule has 4 heteroatoms. The predicted octanol–water partition coefficient (Wildman–Crippen LogP) is 4.73. The van der Waals surface area contributed by atoms with Crippen LogP contribution >= 0.6 is 0 Å².